The number of urea groups is 1. The Morgan fingerprint density at radius 2 is 1.85 bits per heavy atom. The molecule has 0 radical (unpaired) electrons. The fourth-order valence-corrected chi connectivity index (χ4v) is 6.20. The summed E-state index contributed by atoms with van der Waals surface area (Å²) in [6, 6.07) is 6.63. The van der Waals surface area contributed by atoms with Crippen LogP contribution in [0.15, 0.2) is 30.6 Å². The van der Waals surface area contributed by atoms with Gasteiger partial charge in [-0.3, -0.25) is 0 Å². The number of nitrogens with one attached hydrogen (secondary N) is 1. The Kier molecular flexibility index (Phi) is 6.94. The Hall–Kier alpha value is -3.59. The van der Waals surface area contributed by atoms with Crippen LogP contribution in [-0.4, -0.2) is 81.8 Å². The van der Waals surface area contributed by atoms with Crippen LogP contribution in [0.4, 0.5) is 9.59 Å². The summed E-state index contributed by atoms with van der Waals surface area (Å²) in [5.41, 5.74) is 7.11. The van der Waals surface area contributed by atoms with Crippen LogP contribution in [0, 0.1) is 6.92 Å². The maximum atomic E-state index is 13.4. The van der Waals surface area contributed by atoms with Crippen LogP contribution in [0.2, 0.25) is 0 Å². The van der Waals surface area contributed by atoms with E-state index in [1.807, 2.05) is 47.9 Å². The molecule has 1 atom stereocenters. The smallest absolute Gasteiger partial charge is 0.410 e. The van der Waals surface area contributed by atoms with Crippen molar-refractivity contribution in [1.82, 2.24) is 24.7 Å². The fraction of sp³-hybridized carbons (Fsp3) is 0.516. The predicted molar refractivity (Wildman–Crippen MR) is 153 cm³/mol. The number of fused-ring (bicyclic) bond motifs is 2. The average Bonchev–Trinajstić information content (AvgIpc) is 3.58. The minimum absolute atomic E-state index is 0.0666. The number of aromatic amines is 1. The molecule has 5 heterocycles. The van der Waals surface area contributed by atoms with Crippen molar-refractivity contribution in [2.45, 2.75) is 65.1 Å². The highest BCUT2D eigenvalue weighted by atomic mass is 16.6. The molecule has 9 heteroatoms. The van der Waals surface area contributed by atoms with Gasteiger partial charge in [0.1, 0.15) is 11.2 Å². The molecule has 0 unspecified atom stereocenters. The van der Waals surface area contributed by atoms with Crippen LogP contribution >= 0.6 is 0 Å². The summed E-state index contributed by atoms with van der Waals surface area (Å²) in [6.07, 6.45) is 6.16. The van der Waals surface area contributed by atoms with Crippen molar-refractivity contribution >= 4 is 23.2 Å². The highest BCUT2D eigenvalue weighted by molar-refractivity contribution is 5.85. The zero-order valence-electron chi connectivity index (χ0n) is 24.0. The molecule has 3 aromatic rings. The lowest BCUT2D eigenvalue weighted by Gasteiger charge is -2.37. The predicted octanol–water partition coefficient (Wildman–Crippen LogP) is 5.42. The number of hydrogen-bond donors (Lipinski definition) is 1. The van der Waals surface area contributed by atoms with E-state index < -0.39 is 5.60 Å². The molecule has 2 saturated heterocycles. The van der Waals surface area contributed by atoms with Gasteiger partial charge in [-0.2, -0.15) is 0 Å². The minimum atomic E-state index is -0.567. The topological polar surface area (TPSA) is 91.0 Å². The van der Waals surface area contributed by atoms with E-state index in [-0.39, 0.29) is 18.2 Å². The van der Waals surface area contributed by atoms with Crippen LogP contribution in [0.3, 0.4) is 0 Å². The van der Waals surface area contributed by atoms with Crippen LogP contribution in [0.1, 0.15) is 61.9 Å². The maximum absolute atomic E-state index is 13.4. The first-order valence-electron chi connectivity index (χ1n) is 14.4. The van der Waals surface area contributed by atoms with Crippen LogP contribution in [-0.2, 0) is 22.4 Å². The van der Waals surface area contributed by atoms with Crippen LogP contribution < -0.4 is 0 Å². The SMILES string of the molecule is Cc1c[nH]c2ncc(-c3cc4c(c([C@@H]5CCCN5C(=O)OC(C)(C)C)c3)CN(C(=O)N3CCOCC3)CC4)cc12. The number of hydrogen-bond acceptors (Lipinski definition) is 5. The second-order valence-corrected chi connectivity index (χ2v) is 12.2. The highest BCUT2D eigenvalue weighted by Gasteiger charge is 2.37. The van der Waals surface area contributed by atoms with E-state index in [0.717, 1.165) is 58.1 Å². The molecule has 3 aliphatic rings. The second-order valence-electron chi connectivity index (χ2n) is 12.2. The molecule has 0 aliphatic carbocycles. The summed E-state index contributed by atoms with van der Waals surface area (Å²) in [5.74, 6) is 0. The number of carbonyl (C=O) groups is 2. The number of benzene rings is 1. The van der Waals surface area contributed by atoms with E-state index in [2.05, 4.69) is 35.1 Å². The van der Waals surface area contributed by atoms with Gasteiger partial charge in [-0.05, 0) is 86.9 Å². The van der Waals surface area contributed by atoms with Gasteiger partial charge in [-0.1, -0.05) is 6.07 Å². The molecule has 0 bridgehead atoms. The normalized spacial score (nSPS) is 19.7. The van der Waals surface area contributed by atoms with Gasteiger partial charge in [0, 0.05) is 56.1 Å². The summed E-state index contributed by atoms with van der Waals surface area (Å²) in [5, 5.41) is 1.11. The Bertz CT molecular complexity index is 1440. The third kappa shape index (κ3) is 5.14. The second kappa shape index (κ2) is 10.4. The number of likely N-dealkylation sites (tertiary alicyclic amines) is 1. The molecule has 212 valence electrons. The molecule has 0 spiro atoms. The molecule has 9 nitrogen and oxygen atoms in total. The number of carbonyl (C=O) groups excluding carboxylic acids is 2. The standard InChI is InChI=1S/C31H39N5O4/c1-20-17-32-28-24(20)16-23(18-33-28)22-14-21-7-9-35(29(37)34-10-12-39-13-11-34)19-26(21)25(15-22)27-6-5-8-36(27)30(38)40-31(2,3)4/h14-18,27H,5-13,19H2,1-4H3,(H,32,33)/t27-/m0/s1. The van der Waals surface area contributed by atoms with E-state index in [4.69, 9.17) is 9.47 Å². The molecule has 2 fully saturated rings. The molecule has 40 heavy (non-hydrogen) atoms. The first kappa shape index (κ1) is 26.6. The van der Waals surface area contributed by atoms with Gasteiger partial charge in [-0.25, -0.2) is 14.6 Å². The maximum Gasteiger partial charge on any atom is 0.410 e. The Labute approximate surface area is 235 Å². The monoisotopic (exact) mass is 545 g/mol. The molecular weight excluding hydrogens is 506 g/mol. The van der Waals surface area contributed by atoms with Crippen molar-refractivity contribution in [2.75, 3.05) is 39.4 Å². The van der Waals surface area contributed by atoms with E-state index in [9.17, 15) is 9.59 Å². The number of amides is 3. The number of aromatic nitrogens is 2. The number of nitrogens with zero attached hydrogens (tertiary/aromatic N) is 4. The van der Waals surface area contributed by atoms with Gasteiger partial charge in [0.15, 0.2) is 0 Å². The van der Waals surface area contributed by atoms with E-state index in [1.165, 1.54) is 5.56 Å². The Balaban J connectivity index is 1.40. The van der Waals surface area contributed by atoms with Crippen molar-refractivity contribution in [1.29, 1.82) is 0 Å². The zero-order valence-corrected chi connectivity index (χ0v) is 24.0. The molecule has 3 aliphatic heterocycles. The molecule has 3 amide bonds. The summed E-state index contributed by atoms with van der Waals surface area (Å²) in [6.45, 7) is 12.1. The van der Waals surface area contributed by atoms with Gasteiger partial charge in [0.25, 0.3) is 0 Å². The number of pyridine rings is 1. The number of ether oxygens (including phenoxy) is 2. The molecule has 1 aromatic carbocycles. The van der Waals surface area contributed by atoms with Crippen molar-refractivity contribution in [3.63, 3.8) is 0 Å². The third-order valence-electron chi connectivity index (χ3n) is 8.24. The molecule has 0 saturated carbocycles. The number of morpholine rings is 1. The third-order valence-corrected chi connectivity index (χ3v) is 8.24. The van der Waals surface area contributed by atoms with E-state index in [1.54, 1.807) is 0 Å². The van der Waals surface area contributed by atoms with Crippen molar-refractivity contribution in [3.8, 4) is 11.1 Å². The first-order chi connectivity index (χ1) is 19.2. The summed E-state index contributed by atoms with van der Waals surface area (Å²) in [7, 11) is 0. The summed E-state index contributed by atoms with van der Waals surface area (Å²) < 4.78 is 11.3. The number of aryl methyl sites for hydroxylation is 1. The van der Waals surface area contributed by atoms with Crippen molar-refractivity contribution < 1.29 is 19.1 Å². The Morgan fingerprint density at radius 1 is 1.05 bits per heavy atom. The van der Waals surface area contributed by atoms with Gasteiger partial charge in [0.2, 0.25) is 0 Å². The molecule has 2 aromatic heterocycles. The molecule has 1 N–H and O–H groups in total. The lowest BCUT2D eigenvalue weighted by molar-refractivity contribution is 0.0222. The summed E-state index contributed by atoms with van der Waals surface area (Å²) >= 11 is 0. The van der Waals surface area contributed by atoms with Gasteiger partial charge in [0.05, 0.1) is 19.3 Å². The largest absolute Gasteiger partial charge is 0.444 e. The van der Waals surface area contributed by atoms with Gasteiger partial charge < -0.3 is 29.2 Å². The summed E-state index contributed by atoms with van der Waals surface area (Å²) in [4.78, 5) is 40.4. The first-order valence-corrected chi connectivity index (χ1v) is 14.4. The van der Waals surface area contributed by atoms with Crippen molar-refractivity contribution in [3.05, 3.63) is 52.8 Å². The lowest BCUT2D eigenvalue weighted by atomic mass is 9.87. The fourth-order valence-electron chi connectivity index (χ4n) is 6.20. The molecule has 6 rings (SSSR count). The lowest BCUT2D eigenvalue weighted by Crippen LogP contribution is -2.49. The van der Waals surface area contributed by atoms with Crippen molar-refractivity contribution in [2.24, 2.45) is 0 Å². The van der Waals surface area contributed by atoms with E-state index in [0.29, 0.717) is 45.9 Å². The highest BCUT2D eigenvalue weighted by Crippen LogP contribution is 2.40. The minimum Gasteiger partial charge on any atom is -0.444 e. The molecular formula is C31H39N5O4. The quantitative estimate of drug-likeness (QED) is 0.464. The van der Waals surface area contributed by atoms with Crippen LogP contribution in [0.5, 0.6) is 0 Å². The van der Waals surface area contributed by atoms with Gasteiger partial charge >= 0.3 is 12.1 Å². The Morgan fingerprint density at radius 3 is 2.62 bits per heavy atom. The average molecular weight is 546 g/mol. The van der Waals surface area contributed by atoms with Crippen LogP contribution in [0.25, 0.3) is 22.2 Å². The van der Waals surface area contributed by atoms with Gasteiger partial charge in [-0.15, -0.1) is 0 Å². The number of H-pyrrole nitrogens is 1. The zero-order chi connectivity index (χ0) is 28.0. The number of rotatable bonds is 2. The van der Waals surface area contributed by atoms with E-state index >= 15 is 0 Å².